The molecule has 19 heavy (non-hydrogen) atoms. The molecule has 0 spiro atoms. The highest BCUT2D eigenvalue weighted by atomic mass is 16.5. The summed E-state index contributed by atoms with van der Waals surface area (Å²) in [5.41, 5.74) is 0.502. The molecule has 1 rings (SSSR count). The Labute approximate surface area is 113 Å². The molecule has 106 valence electrons. The van der Waals surface area contributed by atoms with Crippen molar-refractivity contribution in [3.8, 4) is 0 Å². The molecule has 2 N–H and O–H groups in total. The molecule has 1 aromatic heterocycles. The van der Waals surface area contributed by atoms with Crippen molar-refractivity contribution in [2.75, 3.05) is 12.4 Å². The van der Waals surface area contributed by atoms with Crippen molar-refractivity contribution in [1.29, 1.82) is 0 Å². The van der Waals surface area contributed by atoms with Crippen molar-refractivity contribution in [2.24, 2.45) is 0 Å². The van der Waals surface area contributed by atoms with E-state index in [1.165, 1.54) is 0 Å². The van der Waals surface area contributed by atoms with Crippen LogP contribution in [0.1, 0.15) is 38.2 Å². The molecule has 0 radical (unpaired) electrons. The van der Waals surface area contributed by atoms with Gasteiger partial charge in [0.15, 0.2) is 5.82 Å². The van der Waals surface area contributed by atoms with Crippen LogP contribution in [0, 0.1) is 6.92 Å². The second-order valence-electron chi connectivity index (χ2n) is 5.15. The van der Waals surface area contributed by atoms with Gasteiger partial charge >= 0.3 is 5.97 Å². The number of hydrogen-bond acceptors (Lipinski definition) is 5. The SMILES string of the molecule is COCc1nc(C)cc(NC(C)(C)CCC(=O)O)n1. The van der Waals surface area contributed by atoms with Crippen LogP contribution in [-0.4, -0.2) is 33.7 Å². The van der Waals surface area contributed by atoms with Crippen LogP contribution in [0.2, 0.25) is 0 Å². The van der Waals surface area contributed by atoms with Gasteiger partial charge in [0, 0.05) is 30.8 Å². The molecule has 0 unspecified atom stereocenters. The van der Waals surface area contributed by atoms with Gasteiger partial charge in [0.1, 0.15) is 12.4 Å². The van der Waals surface area contributed by atoms with Crippen molar-refractivity contribution in [1.82, 2.24) is 9.97 Å². The molecule has 0 atom stereocenters. The fraction of sp³-hybridized carbons (Fsp3) is 0.615. The smallest absolute Gasteiger partial charge is 0.303 e. The molecule has 0 bridgehead atoms. The second-order valence-corrected chi connectivity index (χ2v) is 5.15. The van der Waals surface area contributed by atoms with Crippen LogP contribution >= 0.6 is 0 Å². The number of aromatic nitrogens is 2. The standard InChI is InChI=1S/C13H21N3O3/c1-9-7-10(15-11(14-9)8-19-4)16-13(2,3)6-5-12(17)18/h7H,5-6,8H2,1-4H3,(H,17,18)(H,14,15,16). The number of anilines is 1. The van der Waals surface area contributed by atoms with Crippen molar-refractivity contribution in [2.45, 2.75) is 45.8 Å². The highest BCUT2D eigenvalue weighted by Crippen LogP contribution is 2.19. The maximum absolute atomic E-state index is 10.6. The third-order valence-electron chi connectivity index (χ3n) is 2.60. The molecule has 6 heteroatoms. The normalized spacial score (nSPS) is 11.4. The van der Waals surface area contributed by atoms with Crippen LogP contribution in [0.5, 0.6) is 0 Å². The van der Waals surface area contributed by atoms with Gasteiger partial charge in [0.25, 0.3) is 0 Å². The third kappa shape index (κ3) is 5.65. The number of rotatable bonds is 7. The number of carboxylic acid groups (broad SMARTS) is 1. The highest BCUT2D eigenvalue weighted by Gasteiger charge is 2.19. The fourth-order valence-electron chi connectivity index (χ4n) is 1.72. The number of nitrogens with zero attached hydrogens (tertiary/aromatic N) is 2. The average Bonchev–Trinajstić information content (AvgIpc) is 2.25. The van der Waals surface area contributed by atoms with E-state index in [0.717, 1.165) is 5.69 Å². The van der Waals surface area contributed by atoms with Crippen LogP contribution in [0.15, 0.2) is 6.07 Å². The lowest BCUT2D eigenvalue weighted by molar-refractivity contribution is -0.137. The topological polar surface area (TPSA) is 84.3 Å². The van der Waals surface area contributed by atoms with Crippen LogP contribution in [-0.2, 0) is 16.1 Å². The maximum atomic E-state index is 10.6. The van der Waals surface area contributed by atoms with E-state index in [1.807, 2.05) is 26.8 Å². The molecule has 6 nitrogen and oxygen atoms in total. The first-order chi connectivity index (χ1) is 8.82. The Morgan fingerprint density at radius 2 is 2.16 bits per heavy atom. The predicted octanol–water partition coefficient (Wildman–Crippen LogP) is 1.99. The number of carboxylic acids is 1. The summed E-state index contributed by atoms with van der Waals surface area (Å²) in [4.78, 5) is 19.2. The first-order valence-corrected chi connectivity index (χ1v) is 6.16. The Morgan fingerprint density at radius 3 is 2.74 bits per heavy atom. The lowest BCUT2D eigenvalue weighted by Gasteiger charge is -2.26. The molecule has 0 aliphatic heterocycles. The van der Waals surface area contributed by atoms with Gasteiger partial charge in [0.2, 0.25) is 0 Å². The second kappa shape index (κ2) is 6.47. The number of nitrogens with one attached hydrogen (secondary N) is 1. The Hall–Kier alpha value is -1.69. The molecule has 0 aliphatic rings. The van der Waals surface area contributed by atoms with Crippen LogP contribution in [0.25, 0.3) is 0 Å². The molecule has 0 aromatic carbocycles. The number of aliphatic carboxylic acids is 1. The van der Waals surface area contributed by atoms with E-state index in [1.54, 1.807) is 7.11 Å². The summed E-state index contributed by atoms with van der Waals surface area (Å²) >= 11 is 0. The van der Waals surface area contributed by atoms with E-state index >= 15 is 0 Å². The Balaban J connectivity index is 2.77. The van der Waals surface area contributed by atoms with Gasteiger partial charge in [-0.25, -0.2) is 9.97 Å². The van der Waals surface area contributed by atoms with Crippen molar-refractivity contribution in [3.63, 3.8) is 0 Å². The monoisotopic (exact) mass is 267 g/mol. The van der Waals surface area contributed by atoms with Gasteiger partial charge in [0.05, 0.1) is 0 Å². The molecule has 0 fully saturated rings. The minimum Gasteiger partial charge on any atom is -0.481 e. The van der Waals surface area contributed by atoms with E-state index < -0.39 is 5.97 Å². The quantitative estimate of drug-likeness (QED) is 0.786. The summed E-state index contributed by atoms with van der Waals surface area (Å²) in [6.45, 7) is 6.13. The van der Waals surface area contributed by atoms with Crippen molar-refractivity contribution >= 4 is 11.8 Å². The summed E-state index contributed by atoms with van der Waals surface area (Å²) in [6.07, 6.45) is 0.639. The first kappa shape index (κ1) is 15.4. The Kier molecular flexibility index (Phi) is 5.23. The van der Waals surface area contributed by atoms with E-state index in [-0.39, 0.29) is 12.0 Å². The molecular formula is C13H21N3O3. The van der Waals surface area contributed by atoms with Crippen LogP contribution in [0.4, 0.5) is 5.82 Å². The fourth-order valence-corrected chi connectivity index (χ4v) is 1.72. The summed E-state index contributed by atoms with van der Waals surface area (Å²) in [7, 11) is 1.59. The average molecular weight is 267 g/mol. The van der Waals surface area contributed by atoms with E-state index in [0.29, 0.717) is 24.7 Å². The van der Waals surface area contributed by atoms with Gasteiger partial charge < -0.3 is 15.2 Å². The van der Waals surface area contributed by atoms with Gasteiger partial charge in [-0.2, -0.15) is 0 Å². The van der Waals surface area contributed by atoms with Crippen LogP contribution < -0.4 is 5.32 Å². The summed E-state index contributed by atoms with van der Waals surface area (Å²) in [5, 5.41) is 12.0. The molecule has 0 amide bonds. The predicted molar refractivity (Wildman–Crippen MR) is 72.1 cm³/mol. The van der Waals surface area contributed by atoms with Gasteiger partial charge in [-0.1, -0.05) is 0 Å². The summed E-state index contributed by atoms with van der Waals surface area (Å²) in [5.74, 6) is 0.503. The first-order valence-electron chi connectivity index (χ1n) is 6.16. The number of methoxy groups -OCH3 is 1. The number of carbonyl (C=O) groups is 1. The molecule has 0 saturated heterocycles. The van der Waals surface area contributed by atoms with E-state index in [2.05, 4.69) is 15.3 Å². The van der Waals surface area contributed by atoms with Crippen LogP contribution in [0.3, 0.4) is 0 Å². The number of ether oxygens (including phenoxy) is 1. The van der Waals surface area contributed by atoms with Crippen molar-refractivity contribution < 1.29 is 14.6 Å². The lowest BCUT2D eigenvalue weighted by atomic mass is 9.98. The van der Waals surface area contributed by atoms with Gasteiger partial charge in [-0.3, -0.25) is 4.79 Å². The van der Waals surface area contributed by atoms with E-state index in [9.17, 15) is 4.79 Å². The highest BCUT2D eigenvalue weighted by molar-refractivity contribution is 5.66. The van der Waals surface area contributed by atoms with Gasteiger partial charge in [-0.15, -0.1) is 0 Å². The molecular weight excluding hydrogens is 246 g/mol. The zero-order chi connectivity index (χ0) is 14.5. The maximum Gasteiger partial charge on any atom is 0.303 e. The zero-order valence-corrected chi connectivity index (χ0v) is 11.9. The largest absolute Gasteiger partial charge is 0.481 e. The molecule has 1 heterocycles. The minimum absolute atomic E-state index is 0.120. The minimum atomic E-state index is -0.797. The summed E-state index contributed by atoms with van der Waals surface area (Å²) < 4.78 is 5.02. The molecule has 0 aliphatic carbocycles. The Morgan fingerprint density at radius 1 is 1.47 bits per heavy atom. The molecule has 1 aromatic rings. The van der Waals surface area contributed by atoms with E-state index in [4.69, 9.17) is 9.84 Å². The summed E-state index contributed by atoms with van der Waals surface area (Å²) in [6, 6.07) is 1.83. The number of hydrogen-bond donors (Lipinski definition) is 2. The van der Waals surface area contributed by atoms with Gasteiger partial charge in [-0.05, 0) is 27.2 Å². The zero-order valence-electron chi connectivity index (χ0n) is 11.9. The molecule has 0 saturated carbocycles. The third-order valence-corrected chi connectivity index (χ3v) is 2.60. The number of aryl methyl sites for hydroxylation is 1. The lowest BCUT2D eigenvalue weighted by Crippen LogP contribution is -2.32. The Bertz CT molecular complexity index is 447. The van der Waals surface area contributed by atoms with Crippen molar-refractivity contribution in [3.05, 3.63) is 17.6 Å².